The van der Waals surface area contributed by atoms with Gasteiger partial charge in [-0.2, -0.15) is 0 Å². The van der Waals surface area contributed by atoms with Crippen LogP contribution in [0.25, 0.3) is 0 Å². The van der Waals surface area contributed by atoms with Gasteiger partial charge >= 0.3 is 0 Å². The van der Waals surface area contributed by atoms with Crippen molar-refractivity contribution in [3.8, 4) is 5.75 Å². The van der Waals surface area contributed by atoms with Gasteiger partial charge in [0.1, 0.15) is 5.75 Å². The molecule has 1 saturated carbocycles. The summed E-state index contributed by atoms with van der Waals surface area (Å²) in [7, 11) is 1.78. The Balaban J connectivity index is 1.98. The van der Waals surface area contributed by atoms with Crippen LogP contribution < -0.4 is 10.1 Å². The van der Waals surface area contributed by atoms with E-state index < -0.39 is 0 Å². The summed E-state index contributed by atoms with van der Waals surface area (Å²) in [5.74, 6) is 1.07. The molecule has 2 nitrogen and oxygen atoms in total. The zero-order chi connectivity index (χ0) is 11.7. The smallest absolute Gasteiger partial charge is 0.122 e. The van der Waals surface area contributed by atoms with Gasteiger partial charge in [-0.1, -0.05) is 24.6 Å². The topological polar surface area (TPSA) is 21.3 Å². The van der Waals surface area contributed by atoms with Gasteiger partial charge in [-0.3, -0.25) is 0 Å². The standard InChI is InChI=1S/C15H21NO/c1-17-13-7-3-2-6-12(13)15(9-5-10-15)14-8-4-11-16-14/h2-3,6-7,14,16H,4-5,8-11H2,1H3. The molecule has 0 spiro atoms. The van der Waals surface area contributed by atoms with Crippen LogP contribution in [0.4, 0.5) is 0 Å². The third kappa shape index (κ3) is 1.66. The summed E-state index contributed by atoms with van der Waals surface area (Å²) >= 11 is 0. The van der Waals surface area contributed by atoms with Crippen molar-refractivity contribution in [2.75, 3.05) is 13.7 Å². The molecule has 2 aliphatic rings. The van der Waals surface area contributed by atoms with Crippen LogP contribution in [0, 0.1) is 0 Å². The Morgan fingerprint density at radius 1 is 1.24 bits per heavy atom. The van der Waals surface area contributed by atoms with E-state index >= 15 is 0 Å². The Morgan fingerprint density at radius 3 is 2.65 bits per heavy atom. The molecule has 1 aliphatic carbocycles. The zero-order valence-electron chi connectivity index (χ0n) is 10.5. The first-order valence-corrected chi connectivity index (χ1v) is 6.74. The molecule has 0 amide bonds. The van der Waals surface area contributed by atoms with Gasteiger partial charge in [-0.05, 0) is 38.3 Å². The molecule has 1 atom stereocenters. The summed E-state index contributed by atoms with van der Waals surface area (Å²) in [6.45, 7) is 1.18. The molecule has 1 aromatic carbocycles. The van der Waals surface area contributed by atoms with E-state index in [2.05, 4.69) is 29.6 Å². The molecule has 0 aromatic heterocycles. The highest BCUT2D eigenvalue weighted by molar-refractivity contribution is 5.42. The maximum absolute atomic E-state index is 5.56. The van der Waals surface area contributed by atoms with E-state index in [0.29, 0.717) is 11.5 Å². The van der Waals surface area contributed by atoms with Crippen LogP contribution in [-0.2, 0) is 5.41 Å². The largest absolute Gasteiger partial charge is 0.496 e. The number of benzene rings is 1. The molecule has 92 valence electrons. The van der Waals surface area contributed by atoms with Crippen molar-refractivity contribution in [3.05, 3.63) is 29.8 Å². The molecule has 1 N–H and O–H groups in total. The van der Waals surface area contributed by atoms with E-state index in [4.69, 9.17) is 4.74 Å². The second-order valence-electron chi connectivity index (χ2n) is 5.36. The second kappa shape index (κ2) is 4.34. The molecule has 0 bridgehead atoms. The molecule has 1 heterocycles. The normalized spacial score (nSPS) is 26.5. The summed E-state index contributed by atoms with van der Waals surface area (Å²) < 4.78 is 5.56. The van der Waals surface area contributed by atoms with Crippen LogP contribution in [-0.4, -0.2) is 19.7 Å². The summed E-state index contributed by atoms with van der Waals surface area (Å²) in [4.78, 5) is 0. The van der Waals surface area contributed by atoms with Gasteiger partial charge in [0.15, 0.2) is 0 Å². The minimum atomic E-state index is 0.350. The maximum atomic E-state index is 5.56. The van der Waals surface area contributed by atoms with Crippen LogP contribution in [0.5, 0.6) is 5.75 Å². The van der Waals surface area contributed by atoms with Gasteiger partial charge < -0.3 is 10.1 Å². The van der Waals surface area contributed by atoms with Crippen LogP contribution in [0.1, 0.15) is 37.7 Å². The lowest BCUT2D eigenvalue weighted by molar-refractivity contribution is 0.176. The highest BCUT2D eigenvalue weighted by atomic mass is 16.5. The van der Waals surface area contributed by atoms with Gasteiger partial charge in [0.05, 0.1) is 7.11 Å². The lowest BCUT2D eigenvalue weighted by Crippen LogP contribution is -2.50. The van der Waals surface area contributed by atoms with Crippen molar-refractivity contribution in [2.24, 2.45) is 0 Å². The second-order valence-corrected chi connectivity index (χ2v) is 5.36. The molecule has 17 heavy (non-hydrogen) atoms. The molecule has 2 fully saturated rings. The molecule has 1 aromatic rings. The summed E-state index contributed by atoms with van der Waals surface area (Å²) in [6, 6.07) is 9.24. The Bertz CT molecular complexity index is 392. The van der Waals surface area contributed by atoms with Crippen molar-refractivity contribution in [1.82, 2.24) is 5.32 Å². The lowest BCUT2D eigenvalue weighted by atomic mass is 9.59. The third-order valence-electron chi connectivity index (χ3n) is 4.62. The molecular weight excluding hydrogens is 210 g/mol. The fourth-order valence-electron chi connectivity index (χ4n) is 3.58. The molecule has 1 unspecified atom stereocenters. The number of hydrogen-bond acceptors (Lipinski definition) is 2. The maximum Gasteiger partial charge on any atom is 0.122 e. The number of hydrogen-bond donors (Lipinski definition) is 1. The van der Waals surface area contributed by atoms with E-state index in [1.807, 2.05) is 0 Å². The Morgan fingerprint density at radius 2 is 2.06 bits per heavy atom. The predicted octanol–water partition coefficient (Wildman–Crippen LogP) is 2.87. The lowest BCUT2D eigenvalue weighted by Gasteiger charge is -2.47. The molecular formula is C15H21NO. The highest BCUT2D eigenvalue weighted by Gasteiger charge is 2.47. The molecule has 3 rings (SSSR count). The summed E-state index contributed by atoms with van der Waals surface area (Å²) in [5, 5.41) is 3.69. The van der Waals surface area contributed by atoms with Crippen molar-refractivity contribution >= 4 is 0 Å². The van der Waals surface area contributed by atoms with Crippen LogP contribution in [0.3, 0.4) is 0 Å². The van der Waals surface area contributed by atoms with Gasteiger partial charge in [-0.25, -0.2) is 0 Å². The van der Waals surface area contributed by atoms with E-state index in [9.17, 15) is 0 Å². The van der Waals surface area contributed by atoms with E-state index in [1.54, 1.807) is 7.11 Å². The van der Waals surface area contributed by atoms with Crippen LogP contribution in [0.15, 0.2) is 24.3 Å². The molecule has 1 aliphatic heterocycles. The van der Waals surface area contributed by atoms with Crippen molar-refractivity contribution in [3.63, 3.8) is 0 Å². The number of para-hydroxylation sites is 1. The van der Waals surface area contributed by atoms with Gasteiger partial charge in [-0.15, -0.1) is 0 Å². The van der Waals surface area contributed by atoms with E-state index in [0.717, 1.165) is 5.75 Å². The fraction of sp³-hybridized carbons (Fsp3) is 0.600. The van der Waals surface area contributed by atoms with E-state index in [-0.39, 0.29) is 0 Å². The van der Waals surface area contributed by atoms with Crippen LogP contribution >= 0.6 is 0 Å². The zero-order valence-corrected chi connectivity index (χ0v) is 10.5. The van der Waals surface area contributed by atoms with Crippen molar-refractivity contribution in [1.29, 1.82) is 0 Å². The number of methoxy groups -OCH3 is 1. The first-order chi connectivity index (χ1) is 8.37. The monoisotopic (exact) mass is 231 g/mol. The first-order valence-electron chi connectivity index (χ1n) is 6.74. The van der Waals surface area contributed by atoms with E-state index in [1.165, 1.54) is 44.2 Å². The average molecular weight is 231 g/mol. The van der Waals surface area contributed by atoms with Gasteiger partial charge in [0.2, 0.25) is 0 Å². The SMILES string of the molecule is COc1ccccc1C1(C2CCCN2)CCC1. The van der Waals surface area contributed by atoms with Gasteiger partial charge in [0.25, 0.3) is 0 Å². The Labute approximate surface area is 103 Å². The number of ether oxygens (including phenoxy) is 1. The molecule has 1 saturated heterocycles. The van der Waals surface area contributed by atoms with Crippen molar-refractivity contribution in [2.45, 2.75) is 43.6 Å². The summed E-state index contributed by atoms with van der Waals surface area (Å²) in [5.41, 5.74) is 1.77. The quantitative estimate of drug-likeness (QED) is 0.863. The minimum absolute atomic E-state index is 0.350. The number of rotatable bonds is 3. The van der Waals surface area contributed by atoms with Gasteiger partial charge in [0, 0.05) is 17.0 Å². The molecule has 0 radical (unpaired) electrons. The fourth-order valence-corrected chi connectivity index (χ4v) is 3.58. The average Bonchev–Trinajstić information content (AvgIpc) is 2.82. The first kappa shape index (κ1) is 11.1. The highest BCUT2D eigenvalue weighted by Crippen LogP contribution is 2.51. The Kier molecular flexibility index (Phi) is 2.83. The number of nitrogens with one attached hydrogen (secondary N) is 1. The summed E-state index contributed by atoms with van der Waals surface area (Å²) in [6.07, 6.45) is 6.62. The van der Waals surface area contributed by atoms with Crippen molar-refractivity contribution < 1.29 is 4.74 Å². The Hall–Kier alpha value is -1.02. The minimum Gasteiger partial charge on any atom is -0.496 e. The molecule has 2 heteroatoms. The third-order valence-corrected chi connectivity index (χ3v) is 4.62. The van der Waals surface area contributed by atoms with Crippen LogP contribution in [0.2, 0.25) is 0 Å². The predicted molar refractivity (Wildman–Crippen MR) is 69.5 cm³/mol.